The van der Waals surface area contributed by atoms with Crippen molar-refractivity contribution >= 4 is 0 Å². The van der Waals surface area contributed by atoms with Crippen molar-refractivity contribution in [3.8, 4) is 6.07 Å². The molecule has 1 aliphatic carbocycles. The van der Waals surface area contributed by atoms with E-state index in [9.17, 15) is 0 Å². The lowest BCUT2D eigenvalue weighted by Crippen LogP contribution is -2.23. The van der Waals surface area contributed by atoms with Crippen LogP contribution in [0, 0.1) is 23.2 Å². The fourth-order valence-corrected chi connectivity index (χ4v) is 2.47. The molecule has 0 spiro atoms. The minimum atomic E-state index is 0.480. The Balaban J connectivity index is 2.16. The van der Waals surface area contributed by atoms with Crippen LogP contribution in [-0.4, -0.2) is 9.55 Å². The number of rotatable bonds is 1. The molecular weight excluding hydrogens is 186 g/mol. The quantitative estimate of drug-likeness (QED) is 0.704. The maximum Gasteiger partial charge on any atom is 0.212 e. The first-order valence-electron chi connectivity index (χ1n) is 5.65. The molecule has 1 aromatic rings. The van der Waals surface area contributed by atoms with Gasteiger partial charge < -0.3 is 4.57 Å². The summed E-state index contributed by atoms with van der Waals surface area (Å²) in [6, 6.07) is 2.63. The van der Waals surface area contributed by atoms with E-state index >= 15 is 0 Å². The summed E-state index contributed by atoms with van der Waals surface area (Å²) in [4.78, 5) is 4.06. The lowest BCUT2D eigenvalue weighted by atomic mass is 9.79. The zero-order valence-corrected chi connectivity index (χ0v) is 9.35. The molecule has 1 aliphatic rings. The third-order valence-electron chi connectivity index (χ3n) is 3.73. The van der Waals surface area contributed by atoms with Crippen molar-refractivity contribution in [3.05, 3.63) is 18.2 Å². The fraction of sp³-hybridized carbons (Fsp3) is 0.667. The molecule has 3 nitrogen and oxygen atoms in total. The molecule has 3 unspecified atom stereocenters. The van der Waals surface area contributed by atoms with Gasteiger partial charge in [0.1, 0.15) is 6.07 Å². The van der Waals surface area contributed by atoms with Crippen molar-refractivity contribution in [2.45, 2.75) is 39.2 Å². The predicted molar refractivity (Wildman–Crippen MR) is 58.2 cm³/mol. The average molecular weight is 203 g/mol. The van der Waals surface area contributed by atoms with Gasteiger partial charge in [0, 0.05) is 18.4 Å². The molecule has 15 heavy (non-hydrogen) atoms. The molecule has 0 saturated heterocycles. The summed E-state index contributed by atoms with van der Waals surface area (Å²) in [7, 11) is 0. The number of hydrogen-bond donors (Lipinski definition) is 0. The van der Waals surface area contributed by atoms with Gasteiger partial charge in [0.05, 0.1) is 0 Å². The normalized spacial score (nSPS) is 31.1. The van der Waals surface area contributed by atoms with Crippen LogP contribution in [-0.2, 0) is 0 Å². The molecule has 0 N–H and O–H groups in total. The predicted octanol–water partition coefficient (Wildman–Crippen LogP) is 2.75. The summed E-state index contributed by atoms with van der Waals surface area (Å²) >= 11 is 0. The standard InChI is InChI=1S/C12H17N3/c1-9-3-4-11(7-10(9)2)15-6-5-14-12(15)8-13/h5-6,9-11H,3-4,7H2,1-2H3. The molecule has 1 aromatic heterocycles. The van der Waals surface area contributed by atoms with Crippen molar-refractivity contribution in [1.29, 1.82) is 5.26 Å². The van der Waals surface area contributed by atoms with Gasteiger partial charge in [0.2, 0.25) is 5.82 Å². The van der Waals surface area contributed by atoms with E-state index in [1.54, 1.807) is 6.20 Å². The number of aromatic nitrogens is 2. The lowest BCUT2D eigenvalue weighted by Gasteiger charge is -2.32. The van der Waals surface area contributed by atoms with Gasteiger partial charge in [-0.15, -0.1) is 0 Å². The summed E-state index contributed by atoms with van der Waals surface area (Å²) in [6.07, 6.45) is 7.27. The Morgan fingerprint density at radius 2 is 2.20 bits per heavy atom. The molecule has 80 valence electrons. The SMILES string of the molecule is CC1CCC(n2ccnc2C#N)CC1C. The second-order valence-electron chi connectivity index (χ2n) is 4.69. The van der Waals surface area contributed by atoms with E-state index in [1.807, 2.05) is 10.8 Å². The van der Waals surface area contributed by atoms with E-state index in [4.69, 9.17) is 5.26 Å². The lowest BCUT2D eigenvalue weighted by molar-refractivity contribution is 0.210. The van der Waals surface area contributed by atoms with Crippen molar-refractivity contribution in [2.24, 2.45) is 11.8 Å². The fourth-order valence-electron chi connectivity index (χ4n) is 2.47. The Morgan fingerprint density at radius 1 is 1.40 bits per heavy atom. The second-order valence-corrected chi connectivity index (χ2v) is 4.69. The van der Waals surface area contributed by atoms with E-state index in [2.05, 4.69) is 24.9 Å². The van der Waals surface area contributed by atoms with Crippen LogP contribution in [0.3, 0.4) is 0 Å². The minimum absolute atomic E-state index is 0.480. The number of nitriles is 1. The van der Waals surface area contributed by atoms with Gasteiger partial charge in [-0.25, -0.2) is 4.98 Å². The Hall–Kier alpha value is -1.30. The zero-order valence-electron chi connectivity index (χ0n) is 9.35. The largest absolute Gasteiger partial charge is 0.320 e. The van der Waals surface area contributed by atoms with E-state index in [-0.39, 0.29) is 0 Å². The molecular formula is C12H17N3. The van der Waals surface area contributed by atoms with Crippen LogP contribution in [0.1, 0.15) is 45.0 Å². The molecule has 0 radical (unpaired) electrons. The third kappa shape index (κ3) is 1.90. The van der Waals surface area contributed by atoms with Crippen LogP contribution in [0.25, 0.3) is 0 Å². The van der Waals surface area contributed by atoms with Crippen LogP contribution in [0.2, 0.25) is 0 Å². The van der Waals surface area contributed by atoms with Crippen LogP contribution < -0.4 is 0 Å². The highest BCUT2D eigenvalue weighted by atomic mass is 15.1. The first kappa shape index (κ1) is 10.2. The van der Waals surface area contributed by atoms with Crippen molar-refractivity contribution < 1.29 is 0 Å². The smallest absolute Gasteiger partial charge is 0.212 e. The van der Waals surface area contributed by atoms with Crippen molar-refractivity contribution in [2.75, 3.05) is 0 Å². The number of hydrogen-bond acceptors (Lipinski definition) is 2. The van der Waals surface area contributed by atoms with Gasteiger partial charge in [-0.1, -0.05) is 13.8 Å². The summed E-state index contributed by atoms with van der Waals surface area (Å²) in [6.45, 7) is 4.62. The Labute approximate surface area is 90.7 Å². The van der Waals surface area contributed by atoms with Gasteiger partial charge in [0.25, 0.3) is 0 Å². The summed E-state index contributed by atoms with van der Waals surface area (Å²) < 4.78 is 2.04. The maximum atomic E-state index is 8.92. The van der Waals surface area contributed by atoms with Crippen molar-refractivity contribution in [1.82, 2.24) is 9.55 Å². The van der Waals surface area contributed by atoms with Gasteiger partial charge >= 0.3 is 0 Å². The maximum absolute atomic E-state index is 8.92. The zero-order chi connectivity index (χ0) is 10.8. The Morgan fingerprint density at radius 3 is 2.87 bits per heavy atom. The van der Waals surface area contributed by atoms with E-state index < -0.39 is 0 Å². The van der Waals surface area contributed by atoms with Crippen LogP contribution >= 0.6 is 0 Å². The Kier molecular flexibility index (Phi) is 2.77. The van der Waals surface area contributed by atoms with Crippen molar-refractivity contribution in [3.63, 3.8) is 0 Å². The first-order valence-corrected chi connectivity index (χ1v) is 5.65. The molecule has 3 heteroatoms. The number of imidazole rings is 1. The Bertz CT molecular complexity index is 374. The summed E-state index contributed by atoms with van der Waals surface area (Å²) in [5.74, 6) is 2.12. The summed E-state index contributed by atoms with van der Waals surface area (Å²) in [5, 5.41) is 8.92. The number of nitrogens with zero attached hydrogens (tertiary/aromatic N) is 3. The van der Waals surface area contributed by atoms with Crippen LogP contribution in [0.15, 0.2) is 12.4 Å². The van der Waals surface area contributed by atoms with E-state index in [0.29, 0.717) is 11.9 Å². The molecule has 0 aromatic carbocycles. The van der Waals surface area contributed by atoms with Gasteiger partial charge in [-0.2, -0.15) is 5.26 Å². The highest BCUT2D eigenvalue weighted by Crippen LogP contribution is 2.36. The van der Waals surface area contributed by atoms with Gasteiger partial charge in [-0.05, 0) is 31.1 Å². The molecule has 0 aliphatic heterocycles. The van der Waals surface area contributed by atoms with E-state index in [0.717, 1.165) is 11.8 Å². The third-order valence-corrected chi connectivity index (χ3v) is 3.73. The molecule has 1 fully saturated rings. The molecule has 0 amide bonds. The second kappa shape index (κ2) is 4.06. The topological polar surface area (TPSA) is 41.6 Å². The van der Waals surface area contributed by atoms with Crippen LogP contribution in [0.5, 0.6) is 0 Å². The minimum Gasteiger partial charge on any atom is -0.320 e. The van der Waals surface area contributed by atoms with Gasteiger partial charge in [0.15, 0.2) is 0 Å². The van der Waals surface area contributed by atoms with E-state index in [1.165, 1.54) is 19.3 Å². The molecule has 1 saturated carbocycles. The first-order chi connectivity index (χ1) is 7.22. The highest BCUT2D eigenvalue weighted by Gasteiger charge is 2.26. The molecule has 0 bridgehead atoms. The molecule has 2 rings (SSSR count). The van der Waals surface area contributed by atoms with Gasteiger partial charge in [-0.3, -0.25) is 0 Å². The molecule has 1 heterocycles. The highest BCUT2D eigenvalue weighted by molar-refractivity contribution is 5.12. The summed E-state index contributed by atoms with van der Waals surface area (Å²) in [5.41, 5.74) is 0. The monoisotopic (exact) mass is 203 g/mol. The molecule has 3 atom stereocenters. The van der Waals surface area contributed by atoms with Crippen LogP contribution in [0.4, 0.5) is 0 Å². The average Bonchev–Trinajstić information content (AvgIpc) is 2.70.